The van der Waals surface area contributed by atoms with Gasteiger partial charge in [0.25, 0.3) is 5.91 Å². The third-order valence-corrected chi connectivity index (χ3v) is 8.58. The Kier molecular flexibility index (Phi) is 8.42. The minimum atomic E-state index is -4.96. The summed E-state index contributed by atoms with van der Waals surface area (Å²) >= 11 is 0. The highest BCUT2D eigenvalue weighted by molar-refractivity contribution is 6.07. The summed E-state index contributed by atoms with van der Waals surface area (Å²) in [6.45, 7) is 7.86. The minimum absolute atomic E-state index is 0.0462. The van der Waals surface area contributed by atoms with Crippen LogP contribution in [0.25, 0.3) is 11.1 Å². The van der Waals surface area contributed by atoms with E-state index in [-0.39, 0.29) is 23.3 Å². The molecule has 2 aromatic heterocycles. The van der Waals surface area contributed by atoms with Crippen LogP contribution in [-0.2, 0) is 6.18 Å². The maximum atomic E-state index is 15.8. The molecule has 0 spiro atoms. The van der Waals surface area contributed by atoms with E-state index in [1.165, 1.54) is 24.5 Å². The van der Waals surface area contributed by atoms with E-state index >= 15 is 4.39 Å². The number of hydrogen-bond donors (Lipinski definition) is 3. The molecule has 14 heteroatoms. The van der Waals surface area contributed by atoms with Gasteiger partial charge in [-0.2, -0.15) is 13.2 Å². The molecule has 5 rings (SSSR count). The number of benzene rings is 1. The largest absolute Gasteiger partial charge is 0.417 e. The summed E-state index contributed by atoms with van der Waals surface area (Å²) in [5.74, 6) is -1.31. The second-order valence-corrected chi connectivity index (χ2v) is 11.9. The van der Waals surface area contributed by atoms with Crippen LogP contribution in [0.15, 0.2) is 41.6 Å². The fraction of sp³-hybridized carbons (Fsp3) is 0.467. The fourth-order valence-electron chi connectivity index (χ4n) is 5.64. The van der Waals surface area contributed by atoms with Crippen molar-refractivity contribution < 1.29 is 27.5 Å². The molecule has 3 N–H and O–H groups in total. The van der Waals surface area contributed by atoms with Gasteiger partial charge >= 0.3 is 6.18 Å². The van der Waals surface area contributed by atoms with Crippen LogP contribution in [0.4, 0.5) is 34.9 Å². The Hall–Kier alpha value is -4.04. The second kappa shape index (κ2) is 11.8. The van der Waals surface area contributed by atoms with Gasteiger partial charge in [0.05, 0.1) is 28.1 Å². The lowest BCUT2D eigenvalue weighted by Gasteiger charge is -2.44. The van der Waals surface area contributed by atoms with Crippen LogP contribution in [0.2, 0.25) is 0 Å². The number of piperidine rings is 1. The van der Waals surface area contributed by atoms with Crippen molar-refractivity contribution in [2.45, 2.75) is 57.5 Å². The normalized spacial score (nSPS) is 20.9. The molecule has 1 aromatic carbocycles. The molecule has 44 heavy (non-hydrogen) atoms. The zero-order valence-electron chi connectivity index (χ0n) is 24.9. The summed E-state index contributed by atoms with van der Waals surface area (Å²) in [5, 5.41) is 12.8. The monoisotopic (exact) mass is 617 g/mol. The maximum Gasteiger partial charge on any atom is 0.417 e. The highest BCUT2D eigenvalue weighted by Crippen LogP contribution is 2.37. The second-order valence-electron chi connectivity index (χ2n) is 11.9. The molecule has 2 aliphatic rings. The number of carbonyl (C=O) groups is 1. The first-order valence-electron chi connectivity index (χ1n) is 14.3. The molecule has 2 aliphatic heterocycles. The van der Waals surface area contributed by atoms with Crippen molar-refractivity contribution in [3.63, 3.8) is 0 Å². The van der Waals surface area contributed by atoms with Crippen molar-refractivity contribution in [1.82, 2.24) is 19.9 Å². The van der Waals surface area contributed by atoms with E-state index in [0.29, 0.717) is 62.3 Å². The van der Waals surface area contributed by atoms with E-state index in [1.807, 2.05) is 30.7 Å². The predicted octanol–water partition coefficient (Wildman–Crippen LogP) is 4.12. The van der Waals surface area contributed by atoms with Gasteiger partial charge in [0, 0.05) is 74.0 Å². The molecule has 4 heterocycles. The number of piperazine rings is 1. The molecule has 10 nitrogen and oxygen atoms in total. The Labute approximate surface area is 251 Å². The Morgan fingerprint density at radius 3 is 2.27 bits per heavy atom. The molecular weight excluding hydrogens is 582 g/mol. The number of alkyl halides is 3. The van der Waals surface area contributed by atoms with Crippen LogP contribution >= 0.6 is 0 Å². The van der Waals surface area contributed by atoms with Crippen LogP contribution in [-0.4, -0.2) is 81.8 Å². The van der Waals surface area contributed by atoms with Gasteiger partial charge in [-0.1, -0.05) is 0 Å². The summed E-state index contributed by atoms with van der Waals surface area (Å²) in [5.41, 5.74) is -3.16. The number of amides is 1. The van der Waals surface area contributed by atoms with Crippen molar-refractivity contribution in [2.75, 3.05) is 48.3 Å². The Balaban J connectivity index is 1.52. The molecule has 0 unspecified atom stereocenters. The standard InChI is InChI=1S/C30H35F4N7O3/c1-17-15-41(16-18(2)39(17)4)25-11-23(31)20(19-12-36-28(37-13-19)40-7-5-29(3,44)6-8-40)9-24(25)38-27(43)21-14-35-26(42)10-22(21)30(32,33)34/h9-14,17-18,44H,5-8,15-16H2,1-4H3,(H,35,42)(H,38,43)/t17-,18+. The third-order valence-electron chi connectivity index (χ3n) is 8.58. The van der Waals surface area contributed by atoms with Crippen LogP contribution < -0.4 is 20.7 Å². The highest BCUT2D eigenvalue weighted by atomic mass is 19.4. The summed E-state index contributed by atoms with van der Waals surface area (Å²) in [4.78, 5) is 41.9. The summed E-state index contributed by atoms with van der Waals surface area (Å²) in [7, 11) is 1.98. The topological polar surface area (TPSA) is 118 Å². The van der Waals surface area contributed by atoms with Gasteiger partial charge in [-0.15, -0.1) is 0 Å². The molecule has 3 aromatic rings. The number of H-pyrrole nitrogens is 1. The van der Waals surface area contributed by atoms with Gasteiger partial charge in [-0.25, -0.2) is 14.4 Å². The predicted molar refractivity (Wildman–Crippen MR) is 158 cm³/mol. The summed E-state index contributed by atoms with van der Waals surface area (Å²) < 4.78 is 57.0. The number of aromatic nitrogens is 3. The first-order chi connectivity index (χ1) is 20.6. The molecule has 0 radical (unpaired) electrons. The van der Waals surface area contributed by atoms with Gasteiger partial charge in [-0.05, 0) is 52.8 Å². The Morgan fingerprint density at radius 2 is 1.68 bits per heavy atom. The SMILES string of the molecule is C[C@@H]1CN(c2cc(F)c(-c3cnc(N4CCC(C)(O)CC4)nc3)cc2NC(=O)c2c[nH]c(=O)cc2C(F)(F)F)C[C@H](C)N1C. The lowest BCUT2D eigenvalue weighted by Crippen LogP contribution is -2.55. The molecule has 1 amide bonds. The lowest BCUT2D eigenvalue weighted by molar-refractivity contribution is -0.138. The van der Waals surface area contributed by atoms with Gasteiger partial charge in [0.1, 0.15) is 5.82 Å². The number of nitrogens with one attached hydrogen (secondary N) is 2. The Morgan fingerprint density at radius 1 is 1.07 bits per heavy atom. The van der Waals surface area contributed by atoms with Crippen molar-refractivity contribution in [3.05, 3.63) is 64.1 Å². The van der Waals surface area contributed by atoms with Crippen molar-refractivity contribution >= 4 is 23.2 Å². The summed E-state index contributed by atoms with van der Waals surface area (Å²) in [6, 6.07) is 3.10. The number of pyridine rings is 1. The van der Waals surface area contributed by atoms with E-state index in [9.17, 15) is 27.9 Å². The van der Waals surface area contributed by atoms with E-state index in [4.69, 9.17) is 0 Å². The number of rotatable bonds is 5. The van der Waals surface area contributed by atoms with Gasteiger partial charge in [0.15, 0.2) is 0 Å². The highest BCUT2D eigenvalue weighted by Gasteiger charge is 2.36. The molecule has 2 atom stereocenters. The zero-order chi connectivity index (χ0) is 32.0. The van der Waals surface area contributed by atoms with Crippen LogP contribution in [0, 0.1) is 5.82 Å². The molecule has 236 valence electrons. The van der Waals surface area contributed by atoms with Gasteiger partial charge in [-0.3, -0.25) is 14.5 Å². The minimum Gasteiger partial charge on any atom is -0.390 e. The van der Waals surface area contributed by atoms with Crippen molar-refractivity contribution in [2.24, 2.45) is 0 Å². The number of likely N-dealkylation sites (N-methyl/N-ethyl adjacent to an activating group) is 1. The number of carbonyl (C=O) groups excluding carboxylic acids is 1. The molecular formula is C30H35F4N7O3. The number of nitrogens with zero attached hydrogens (tertiary/aromatic N) is 5. The first-order valence-corrected chi connectivity index (χ1v) is 14.3. The Bertz CT molecular complexity index is 1570. The third kappa shape index (κ3) is 6.55. The molecule has 0 saturated carbocycles. The molecule has 0 aliphatic carbocycles. The molecule has 2 saturated heterocycles. The van der Waals surface area contributed by atoms with Gasteiger partial charge in [0.2, 0.25) is 11.5 Å². The van der Waals surface area contributed by atoms with Crippen molar-refractivity contribution in [3.8, 4) is 11.1 Å². The number of aromatic amines is 1. The average molecular weight is 618 g/mol. The smallest absolute Gasteiger partial charge is 0.390 e. The maximum absolute atomic E-state index is 15.8. The lowest BCUT2D eigenvalue weighted by atomic mass is 9.94. The first kappa shape index (κ1) is 31.4. The number of hydrogen-bond acceptors (Lipinski definition) is 8. The van der Waals surface area contributed by atoms with E-state index in [0.717, 1.165) is 6.20 Å². The summed E-state index contributed by atoms with van der Waals surface area (Å²) in [6.07, 6.45) is -0.246. The molecule has 0 bridgehead atoms. The molecule has 2 fully saturated rings. The van der Waals surface area contributed by atoms with E-state index in [2.05, 4.69) is 25.2 Å². The average Bonchev–Trinajstić information content (AvgIpc) is 2.96. The number of halogens is 4. The van der Waals surface area contributed by atoms with E-state index in [1.54, 1.807) is 6.92 Å². The number of aliphatic hydroxyl groups is 1. The van der Waals surface area contributed by atoms with Crippen LogP contribution in [0.5, 0.6) is 0 Å². The van der Waals surface area contributed by atoms with E-state index < -0.39 is 40.2 Å². The van der Waals surface area contributed by atoms with Gasteiger partial charge < -0.3 is 25.2 Å². The van der Waals surface area contributed by atoms with Crippen LogP contribution in [0.1, 0.15) is 49.5 Å². The zero-order valence-corrected chi connectivity index (χ0v) is 24.9. The van der Waals surface area contributed by atoms with Crippen molar-refractivity contribution in [1.29, 1.82) is 0 Å². The quantitative estimate of drug-likeness (QED) is 0.366. The number of anilines is 3. The van der Waals surface area contributed by atoms with Crippen LogP contribution in [0.3, 0.4) is 0 Å². The fourth-order valence-corrected chi connectivity index (χ4v) is 5.64.